The largest absolute Gasteiger partial charge is 0.493 e. The second-order valence-corrected chi connectivity index (χ2v) is 6.22. The van der Waals surface area contributed by atoms with Crippen LogP contribution in [0.2, 0.25) is 0 Å². The van der Waals surface area contributed by atoms with Gasteiger partial charge in [0.1, 0.15) is 5.75 Å². The van der Waals surface area contributed by atoms with E-state index >= 15 is 0 Å². The maximum atomic E-state index is 12.8. The smallest absolute Gasteiger partial charge is 0.168 e. The lowest BCUT2D eigenvalue weighted by Gasteiger charge is -2.32. The van der Waals surface area contributed by atoms with Crippen LogP contribution in [0.5, 0.6) is 5.75 Å². The molecule has 1 saturated carbocycles. The molecule has 1 heterocycles. The van der Waals surface area contributed by atoms with Crippen molar-refractivity contribution in [1.82, 2.24) is 0 Å². The Hall–Kier alpha value is -1.31. The monoisotopic (exact) mass is 258 g/mol. The van der Waals surface area contributed by atoms with Crippen molar-refractivity contribution in [3.8, 4) is 5.75 Å². The molecule has 19 heavy (non-hydrogen) atoms. The number of aryl methyl sites for hydroxylation is 1. The van der Waals surface area contributed by atoms with Gasteiger partial charge in [0.15, 0.2) is 5.78 Å². The minimum Gasteiger partial charge on any atom is -0.493 e. The van der Waals surface area contributed by atoms with E-state index in [9.17, 15) is 4.79 Å². The first-order valence-electron chi connectivity index (χ1n) is 7.50. The maximum absolute atomic E-state index is 12.8. The number of rotatable bonds is 2. The summed E-state index contributed by atoms with van der Waals surface area (Å²) in [5.74, 6) is 1.30. The Bertz CT molecular complexity index is 484. The van der Waals surface area contributed by atoms with Crippen LogP contribution in [0.15, 0.2) is 18.2 Å². The molecule has 1 aromatic carbocycles. The summed E-state index contributed by atoms with van der Waals surface area (Å²) in [5.41, 5.74) is 1.95. The molecule has 0 spiro atoms. The SMILES string of the molecule is CC1(C(=O)c2ccc3c(c2)CCCO3)CCCCC1. The molecule has 2 heteroatoms. The number of carbonyl (C=O) groups is 1. The summed E-state index contributed by atoms with van der Waals surface area (Å²) >= 11 is 0. The van der Waals surface area contributed by atoms with Crippen molar-refractivity contribution in [1.29, 1.82) is 0 Å². The fourth-order valence-corrected chi connectivity index (χ4v) is 3.41. The van der Waals surface area contributed by atoms with E-state index < -0.39 is 0 Å². The van der Waals surface area contributed by atoms with E-state index in [4.69, 9.17) is 4.74 Å². The van der Waals surface area contributed by atoms with Gasteiger partial charge >= 0.3 is 0 Å². The number of hydrogen-bond donors (Lipinski definition) is 0. The second-order valence-electron chi connectivity index (χ2n) is 6.22. The van der Waals surface area contributed by atoms with Gasteiger partial charge in [0.05, 0.1) is 6.61 Å². The maximum Gasteiger partial charge on any atom is 0.168 e. The normalized spacial score (nSPS) is 21.3. The van der Waals surface area contributed by atoms with Crippen molar-refractivity contribution in [2.75, 3.05) is 6.61 Å². The van der Waals surface area contributed by atoms with Gasteiger partial charge in [-0.3, -0.25) is 4.79 Å². The van der Waals surface area contributed by atoms with Crippen molar-refractivity contribution in [3.05, 3.63) is 29.3 Å². The molecule has 0 radical (unpaired) electrons. The van der Waals surface area contributed by atoms with Gasteiger partial charge in [-0.05, 0) is 49.4 Å². The summed E-state index contributed by atoms with van der Waals surface area (Å²) in [6, 6.07) is 6.00. The fraction of sp³-hybridized carbons (Fsp3) is 0.588. The average Bonchev–Trinajstić information content (AvgIpc) is 2.47. The predicted octanol–water partition coefficient (Wildman–Crippen LogP) is 4.16. The predicted molar refractivity (Wildman–Crippen MR) is 75.8 cm³/mol. The number of hydrogen-bond acceptors (Lipinski definition) is 2. The van der Waals surface area contributed by atoms with Gasteiger partial charge in [0.2, 0.25) is 0 Å². The number of benzene rings is 1. The molecule has 1 aromatic rings. The molecule has 0 atom stereocenters. The molecule has 0 amide bonds. The van der Waals surface area contributed by atoms with Gasteiger partial charge in [-0.2, -0.15) is 0 Å². The van der Waals surface area contributed by atoms with E-state index in [1.807, 2.05) is 12.1 Å². The van der Waals surface area contributed by atoms with E-state index in [-0.39, 0.29) is 5.41 Å². The van der Waals surface area contributed by atoms with Crippen molar-refractivity contribution in [2.24, 2.45) is 5.41 Å². The molecule has 0 bridgehead atoms. The third-order valence-corrected chi connectivity index (χ3v) is 4.68. The summed E-state index contributed by atoms with van der Waals surface area (Å²) < 4.78 is 5.62. The van der Waals surface area contributed by atoms with Crippen LogP contribution in [0.1, 0.15) is 61.4 Å². The Morgan fingerprint density at radius 2 is 1.95 bits per heavy atom. The highest BCUT2D eigenvalue weighted by Crippen LogP contribution is 2.39. The lowest BCUT2D eigenvalue weighted by molar-refractivity contribution is 0.0749. The Kier molecular flexibility index (Phi) is 3.34. The van der Waals surface area contributed by atoms with E-state index in [2.05, 4.69) is 13.0 Å². The quantitative estimate of drug-likeness (QED) is 0.744. The third kappa shape index (κ3) is 2.41. The summed E-state index contributed by atoms with van der Waals surface area (Å²) in [4.78, 5) is 12.8. The minimum absolute atomic E-state index is 0.137. The first-order valence-corrected chi connectivity index (χ1v) is 7.50. The molecule has 1 aliphatic carbocycles. The van der Waals surface area contributed by atoms with E-state index in [0.29, 0.717) is 5.78 Å². The molecule has 102 valence electrons. The highest BCUT2D eigenvalue weighted by molar-refractivity contribution is 6.00. The lowest BCUT2D eigenvalue weighted by atomic mass is 9.71. The molecule has 1 fully saturated rings. The standard InChI is InChI=1S/C17H22O2/c1-17(9-3-2-4-10-17)16(18)14-7-8-15-13(12-14)6-5-11-19-15/h7-8,12H,2-6,9-11H2,1H3. The molecule has 0 saturated heterocycles. The van der Waals surface area contributed by atoms with Crippen LogP contribution in [-0.2, 0) is 6.42 Å². The first kappa shape index (κ1) is 12.7. The molecule has 3 rings (SSSR count). The van der Waals surface area contributed by atoms with Gasteiger partial charge in [0, 0.05) is 11.0 Å². The van der Waals surface area contributed by atoms with Crippen LogP contribution in [0.4, 0.5) is 0 Å². The fourth-order valence-electron chi connectivity index (χ4n) is 3.41. The zero-order chi connectivity index (χ0) is 13.3. The summed E-state index contributed by atoms with van der Waals surface area (Å²) in [6.07, 6.45) is 7.83. The Labute approximate surface area is 115 Å². The van der Waals surface area contributed by atoms with Crippen LogP contribution in [-0.4, -0.2) is 12.4 Å². The minimum atomic E-state index is -0.137. The summed E-state index contributed by atoms with van der Waals surface area (Å²) in [7, 11) is 0. The lowest BCUT2D eigenvalue weighted by Crippen LogP contribution is -2.30. The van der Waals surface area contributed by atoms with Gasteiger partial charge in [0.25, 0.3) is 0 Å². The second kappa shape index (κ2) is 4.99. The molecule has 0 aromatic heterocycles. The van der Waals surface area contributed by atoms with E-state index in [1.54, 1.807) is 0 Å². The van der Waals surface area contributed by atoms with Crippen molar-refractivity contribution in [2.45, 2.75) is 51.9 Å². The van der Waals surface area contributed by atoms with Crippen molar-refractivity contribution >= 4 is 5.78 Å². The third-order valence-electron chi connectivity index (χ3n) is 4.68. The van der Waals surface area contributed by atoms with E-state index in [1.165, 1.54) is 24.8 Å². The highest BCUT2D eigenvalue weighted by atomic mass is 16.5. The Balaban J connectivity index is 1.87. The van der Waals surface area contributed by atoms with Gasteiger partial charge in [-0.15, -0.1) is 0 Å². The zero-order valence-corrected chi connectivity index (χ0v) is 11.7. The highest BCUT2D eigenvalue weighted by Gasteiger charge is 2.35. The number of fused-ring (bicyclic) bond motifs is 1. The Morgan fingerprint density at radius 3 is 2.74 bits per heavy atom. The van der Waals surface area contributed by atoms with Gasteiger partial charge in [-0.25, -0.2) is 0 Å². The molecule has 0 unspecified atom stereocenters. The Morgan fingerprint density at radius 1 is 1.16 bits per heavy atom. The number of carbonyl (C=O) groups excluding carboxylic acids is 1. The summed E-state index contributed by atoms with van der Waals surface area (Å²) in [5, 5.41) is 0. The molecule has 2 aliphatic rings. The van der Waals surface area contributed by atoms with Crippen LogP contribution >= 0.6 is 0 Å². The van der Waals surface area contributed by atoms with Crippen LogP contribution in [0.3, 0.4) is 0 Å². The van der Waals surface area contributed by atoms with Crippen LogP contribution in [0, 0.1) is 5.41 Å². The molecule has 2 nitrogen and oxygen atoms in total. The van der Waals surface area contributed by atoms with Crippen molar-refractivity contribution < 1.29 is 9.53 Å². The number of ether oxygens (including phenoxy) is 1. The average molecular weight is 258 g/mol. The first-order chi connectivity index (χ1) is 9.19. The molecular weight excluding hydrogens is 236 g/mol. The van der Waals surface area contributed by atoms with Crippen LogP contribution < -0.4 is 4.74 Å². The molecule has 1 aliphatic heterocycles. The summed E-state index contributed by atoms with van der Waals surface area (Å²) in [6.45, 7) is 2.95. The molecule has 0 N–H and O–H groups in total. The number of ketones is 1. The zero-order valence-electron chi connectivity index (χ0n) is 11.7. The van der Waals surface area contributed by atoms with Crippen LogP contribution in [0.25, 0.3) is 0 Å². The van der Waals surface area contributed by atoms with Crippen molar-refractivity contribution in [3.63, 3.8) is 0 Å². The number of Topliss-reactive ketones (excluding diaryl/α,β-unsaturated/α-hetero) is 1. The molecular formula is C17H22O2. The van der Waals surface area contributed by atoms with E-state index in [0.717, 1.165) is 43.6 Å². The van der Waals surface area contributed by atoms with Gasteiger partial charge in [-0.1, -0.05) is 26.2 Å². The van der Waals surface area contributed by atoms with Gasteiger partial charge < -0.3 is 4.74 Å². The topological polar surface area (TPSA) is 26.3 Å².